The number of nitrogens with two attached hydrogens (primary N) is 1. The monoisotopic (exact) mass is 317 g/mol. The summed E-state index contributed by atoms with van der Waals surface area (Å²) in [5.41, 5.74) is 6.69. The highest BCUT2D eigenvalue weighted by molar-refractivity contribution is 5.78. The summed E-state index contributed by atoms with van der Waals surface area (Å²) >= 11 is 0. The average molecular weight is 317 g/mol. The van der Waals surface area contributed by atoms with Crippen molar-refractivity contribution < 1.29 is 9.59 Å². The van der Waals surface area contributed by atoms with Gasteiger partial charge in [-0.15, -0.1) is 0 Å². The van der Waals surface area contributed by atoms with Gasteiger partial charge in [-0.25, -0.2) is 0 Å². The molecule has 0 atom stereocenters. The Labute approximate surface area is 138 Å². The maximum Gasteiger partial charge on any atom is 0.222 e. The molecule has 0 aliphatic heterocycles. The van der Waals surface area contributed by atoms with E-state index >= 15 is 0 Å². The summed E-state index contributed by atoms with van der Waals surface area (Å²) in [4.78, 5) is 25.7. The van der Waals surface area contributed by atoms with Crippen molar-refractivity contribution in [1.82, 2.24) is 10.2 Å². The zero-order valence-electron chi connectivity index (χ0n) is 13.9. The first kappa shape index (κ1) is 17.5. The second-order valence-corrected chi connectivity index (χ2v) is 6.42. The van der Waals surface area contributed by atoms with Crippen LogP contribution in [0.3, 0.4) is 0 Å². The molecule has 1 aliphatic carbocycles. The van der Waals surface area contributed by atoms with Crippen LogP contribution in [0, 0.1) is 0 Å². The number of nitrogens with one attached hydrogen (secondary N) is 1. The van der Waals surface area contributed by atoms with Crippen LogP contribution in [-0.4, -0.2) is 35.3 Å². The molecule has 1 aromatic carbocycles. The topological polar surface area (TPSA) is 75.4 Å². The minimum atomic E-state index is -0.225. The molecule has 1 fully saturated rings. The van der Waals surface area contributed by atoms with E-state index in [1.807, 2.05) is 30.3 Å². The predicted molar refractivity (Wildman–Crippen MR) is 90.5 cm³/mol. The Morgan fingerprint density at radius 3 is 2.43 bits per heavy atom. The smallest absolute Gasteiger partial charge is 0.222 e. The zero-order valence-corrected chi connectivity index (χ0v) is 13.9. The predicted octanol–water partition coefficient (Wildman–Crippen LogP) is 1.81. The summed E-state index contributed by atoms with van der Waals surface area (Å²) in [7, 11) is 0. The van der Waals surface area contributed by atoms with Crippen molar-refractivity contribution in [2.45, 2.75) is 51.1 Å². The minimum Gasteiger partial charge on any atom is -0.349 e. The fourth-order valence-electron chi connectivity index (χ4n) is 3.18. The summed E-state index contributed by atoms with van der Waals surface area (Å²) < 4.78 is 0. The Bertz CT molecular complexity index is 524. The molecule has 5 nitrogen and oxygen atoms in total. The van der Waals surface area contributed by atoms with E-state index in [1.54, 1.807) is 11.8 Å². The van der Waals surface area contributed by atoms with Crippen molar-refractivity contribution in [3.63, 3.8) is 0 Å². The van der Waals surface area contributed by atoms with Gasteiger partial charge in [-0.1, -0.05) is 43.2 Å². The lowest BCUT2D eigenvalue weighted by Crippen LogP contribution is -2.52. The van der Waals surface area contributed by atoms with Crippen LogP contribution in [-0.2, 0) is 16.1 Å². The average Bonchev–Trinajstić information content (AvgIpc) is 3.01. The van der Waals surface area contributed by atoms with Gasteiger partial charge < -0.3 is 16.0 Å². The number of benzene rings is 1. The second kappa shape index (κ2) is 8.11. The number of carbonyl (C=O) groups is 2. The summed E-state index contributed by atoms with van der Waals surface area (Å²) in [6, 6.07) is 9.82. The summed E-state index contributed by atoms with van der Waals surface area (Å²) in [5.74, 6) is -0.0345. The van der Waals surface area contributed by atoms with E-state index in [2.05, 4.69) is 5.32 Å². The molecule has 1 saturated carbocycles. The molecule has 0 spiro atoms. The van der Waals surface area contributed by atoms with E-state index in [4.69, 9.17) is 5.73 Å². The first-order valence-electron chi connectivity index (χ1n) is 8.35. The highest BCUT2D eigenvalue weighted by atomic mass is 16.2. The summed E-state index contributed by atoms with van der Waals surface area (Å²) in [5, 5.41) is 3.10. The van der Waals surface area contributed by atoms with Gasteiger partial charge in [0.25, 0.3) is 0 Å². The van der Waals surface area contributed by atoms with Crippen LogP contribution in [0.1, 0.15) is 44.6 Å². The van der Waals surface area contributed by atoms with Crippen molar-refractivity contribution in [1.29, 1.82) is 0 Å². The lowest BCUT2D eigenvalue weighted by molar-refractivity contribution is -0.130. The Kier molecular flexibility index (Phi) is 6.16. The van der Waals surface area contributed by atoms with Crippen molar-refractivity contribution >= 4 is 11.8 Å². The Morgan fingerprint density at radius 1 is 1.22 bits per heavy atom. The Balaban J connectivity index is 1.86. The van der Waals surface area contributed by atoms with Crippen molar-refractivity contribution in [2.75, 3.05) is 13.1 Å². The fraction of sp³-hybridized carbons (Fsp3) is 0.556. The number of rotatable bonds is 7. The van der Waals surface area contributed by atoms with E-state index in [1.165, 1.54) is 0 Å². The minimum absolute atomic E-state index is 0.0170. The third-order valence-electron chi connectivity index (χ3n) is 4.63. The molecule has 0 saturated heterocycles. The van der Waals surface area contributed by atoms with Crippen LogP contribution in [0.2, 0.25) is 0 Å². The van der Waals surface area contributed by atoms with Crippen LogP contribution < -0.4 is 11.1 Å². The molecule has 0 heterocycles. The van der Waals surface area contributed by atoms with E-state index in [-0.39, 0.29) is 17.4 Å². The van der Waals surface area contributed by atoms with Crippen LogP contribution in [0.15, 0.2) is 30.3 Å². The molecule has 23 heavy (non-hydrogen) atoms. The largest absolute Gasteiger partial charge is 0.349 e. The molecule has 0 radical (unpaired) electrons. The van der Waals surface area contributed by atoms with E-state index in [0.29, 0.717) is 26.1 Å². The van der Waals surface area contributed by atoms with Gasteiger partial charge in [-0.3, -0.25) is 9.59 Å². The number of nitrogens with zero attached hydrogens (tertiary/aromatic N) is 1. The first-order chi connectivity index (χ1) is 11.0. The molecule has 1 aliphatic rings. The molecule has 5 heteroatoms. The standard InChI is InChI=1S/C18H27N3O2/c1-15(22)21(13-16-7-3-2-4-8-16)12-9-17(23)20-18(14-19)10-5-6-11-18/h2-4,7-8H,5-6,9-14,19H2,1H3,(H,20,23). The fourth-order valence-corrected chi connectivity index (χ4v) is 3.18. The van der Waals surface area contributed by atoms with Gasteiger partial charge in [0.1, 0.15) is 0 Å². The lowest BCUT2D eigenvalue weighted by Gasteiger charge is -2.29. The molecule has 2 rings (SSSR count). The van der Waals surface area contributed by atoms with Crippen LogP contribution in [0.5, 0.6) is 0 Å². The zero-order chi connectivity index (χ0) is 16.7. The molecular formula is C18H27N3O2. The second-order valence-electron chi connectivity index (χ2n) is 6.42. The Hall–Kier alpha value is -1.88. The van der Waals surface area contributed by atoms with Crippen LogP contribution in [0.25, 0.3) is 0 Å². The Morgan fingerprint density at radius 2 is 1.87 bits per heavy atom. The third-order valence-corrected chi connectivity index (χ3v) is 4.63. The molecule has 0 aromatic heterocycles. The maximum atomic E-state index is 12.2. The first-order valence-corrected chi connectivity index (χ1v) is 8.35. The summed E-state index contributed by atoms with van der Waals surface area (Å²) in [6.07, 6.45) is 4.45. The van der Waals surface area contributed by atoms with Gasteiger partial charge in [-0.2, -0.15) is 0 Å². The molecule has 0 bridgehead atoms. The van der Waals surface area contributed by atoms with Gasteiger partial charge in [0.05, 0.1) is 5.54 Å². The van der Waals surface area contributed by atoms with Crippen molar-refractivity contribution in [2.24, 2.45) is 5.73 Å². The van der Waals surface area contributed by atoms with Crippen LogP contribution >= 0.6 is 0 Å². The summed E-state index contributed by atoms with van der Waals surface area (Å²) in [6.45, 7) is 2.99. The maximum absolute atomic E-state index is 12.2. The van der Waals surface area contributed by atoms with E-state index < -0.39 is 0 Å². The molecule has 126 valence electrons. The molecule has 3 N–H and O–H groups in total. The molecular weight excluding hydrogens is 290 g/mol. The SMILES string of the molecule is CC(=O)N(CCC(=O)NC1(CN)CCCC1)Cc1ccccc1. The molecule has 2 amide bonds. The highest BCUT2D eigenvalue weighted by Crippen LogP contribution is 2.28. The van der Waals surface area contributed by atoms with Crippen molar-refractivity contribution in [3.8, 4) is 0 Å². The van der Waals surface area contributed by atoms with Gasteiger partial charge in [0, 0.05) is 33.0 Å². The van der Waals surface area contributed by atoms with Gasteiger partial charge in [0.15, 0.2) is 0 Å². The van der Waals surface area contributed by atoms with Crippen molar-refractivity contribution in [3.05, 3.63) is 35.9 Å². The van der Waals surface area contributed by atoms with E-state index in [0.717, 1.165) is 31.2 Å². The van der Waals surface area contributed by atoms with Gasteiger partial charge in [-0.05, 0) is 18.4 Å². The number of amides is 2. The normalized spacial score (nSPS) is 16.1. The molecule has 1 aromatic rings. The number of hydrogen-bond acceptors (Lipinski definition) is 3. The number of hydrogen-bond donors (Lipinski definition) is 2. The van der Waals surface area contributed by atoms with Gasteiger partial charge in [0.2, 0.25) is 11.8 Å². The third kappa shape index (κ3) is 5.06. The number of carbonyl (C=O) groups excluding carboxylic acids is 2. The lowest BCUT2D eigenvalue weighted by atomic mass is 9.97. The quantitative estimate of drug-likeness (QED) is 0.805. The molecule has 0 unspecified atom stereocenters. The highest BCUT2D eigenvalue weighted by Gasteiger charge is 2.33. The van der Waals surface area contributed by atoms with Gasteiger partial charge >= 0.3 is 0 Å². The van der Waals surface area contributed by atoms with Crippen LogP contribution in [0.4, 0.5) is 0 Å². The van der Waals surface area contributed by atoms with E-state index in [9.17, 15) is 9.59 Å².